The van der Waals surface area contributed by atoms with Crippen molar-refractivity contribution in [2.45, 2.75) is 0 Å². The zero-order valence-electron chi connectivity index (χ0n) is 2.76. The molecule has 0 aliphatic carbocycles. The van der Waals surface area contributed by atoms with E-state index in [4.69, 9.17) is 14.7 Å². The molecular formula is H2KO3P. The van der Waals surface area contributed by atoms with E-state index in [0.29, 0.717) is 0 Å². The fourth-order valence-corrected chi connectivity index (χ4v) is 0. The summed E-state index contributed by atoms with van der Waals surface area (Å²) < 4.78 is 0. The SMILES string of the molecule is [K+].[O-][PH+]([O-])O. The van der Waals surface area contributed by atoms with Crippen LogP contribution in [-0.2, 0) is 0 Å². The van der Waals surface area contributed by atoms with E-state index in [2.05, 4.69) is 0 Å². The Morgan fingerprint density at radius 2 is 1.40 bits per heavy atom. The number of hydrogen-bond donors (Lipinski definition) is 1. The molecular weight excluding hydrogens is 118 g/mol. The number of hydrogen-bond acceptors (Lipinski definition) is 3. The van der Waals surface area contributed by atoms with E-state index in [1.54, 1.807) is 0 Å². The fraction of sp³-hybridized carbons (Fsp3) is 0. The van der Waals surface area contributed by atoms with E-state index < -0.39 is 8.60 Å². The van der Waals surface area contributed by atoms with Crippen molar-refractivity contribution in [3.05, 3.63) is 0 Å². The van der Waals surface area contributed by atoms with Crippen molar-refractivity contribution in [3.63, 3.8) is 0 Å². The largest absolute Gasteiger partial charge is 1.00 e. The second kappa shape index (κ2) is 5.95. The molecule has 0 amide bonds. The summed E-state index contributed by atoms with van der Waals surface area (Å²) in [6.45, 7) is 0. The van der Waals surface area contributed by atoms with Crippen LogP contribution in [0, 0.1) is 0 Å². The molecule has 0 aliphatic heterocycles. The third-order valence-corrected chi connectivity index (χ3v) is 0. The molecule has 0 aliphatic rings. The van der Waals surface area contributed by atoms with E-state index in [0.717, 1.165) is 0 Å². The van der Waals surface area contributed by atoms with Gasteiger partial charge in [-0.05, 0) is 0 Å². The van der Waals surface area contributed by atoms with Gasteiger partial charge in [0.05, 0.1) is 0 Å². The zero-order valence-corrected chi connectivity index (χ0v) is 6.89. The summed E-state index contributed by atoms with van der Waals surface area (Å²) in [5, 5.41) is 0. The zero-order chi connectivity index (χ0) is 3.58. The maximum atomic E-state index is 8.63. The average Bonchev–Trinajstić information content (AvgIpc) is 0.811. The maximum absolute atomic E-state index is 8.63. The minimum Gasteiger partial charge on any atom is -0.661 e. The molecule has 26 valence electrons. The van der Waals surface area contributed by atoms with Gasteiger partial charge >= 0.3 is 51.4 Å². The summed E-state index contributed by atoms with van der Waals surface area (Å²) in [5.74, 6) is 0. The number of rotatable bonds is 0. The molecule has 0 fully saturated rings. The second-order valence-corrected chi connectivity index (χ2v) is 0.798. The van der Waals surface area contributed by atoms with E-state index >= 15 is 0 Å². The molecule has 5 heavy (non-hydrogen) atoms. The van der Waals surface area contributed by atoms with Gasteiger partial charge in [0.1, 0.15) is 0 Å². The monoisotopic (exact) mass is 120 g/mol. The molecule has 0 unspecified atom stereocenters. The molecule has 0 saturated carbocycles. The Kier molecular flexibility index (Phi) is 11.9. The third-order valence-electron chi connectivity index (χ3n) is 0. The Balaban J connectivity index is 0. The summed E-state index contributed by atoms with van der Waals surface area (Å²) in [4.78, 5) is 24.3. The van der Waals surface area contributed by atoms with E-state index in [-0.39, 0.29) is 51.4 Å². The Morgan fingerprint density at radius 1 is 1.40 bits per heavy atom. The van der Waals surface area contributed by atoms with Gasteiger partial charge < -0.3 is 9.79 Å². The smallest absolute Gasteiger partial charge is 0.661 e. The van der Waals surface area contributed by atoms with Crippen molar-refractivity contribution in [3.8, 4) is 0 Å². The van der Waals surface area contributed by atoms with Crippen LogP contribution in [0.3, 0.4) is 0 Å². The van der Waals surface area contributed by atoms with Crippen molar-refractivity contribution >= 4 is 8.60 Å². The predicted molar refractivity (Wildman–Crippen MR) is 10.5 cm³/mol. The Hall–Kier alpha value is 1.95. The second-order valence-electron chi connectivity index (χ2n) is 0.266. The third kappa shape index (κ3) is 24.4. The molecule has 0 aromatic rings. The molecule has 0 spiro atoms. The molecule has 5 heteroatoms. The Morgan fingerprint density at radius 3 is 1.40 bits per heavy atom. The molecule has 0 atom stereocenters. The fourth-order valence-electron chi connectivity index (χ4n) is 0. The van der Waals surface area contributed by atoms with Crippen molar-refractivity contribution in [1.82, 2.24) is 0 Å². The van der Waals surface area contributed by atoms with E-state index in [9.17, 15) is 0 Å². The molecule has 0 saturated heterocycles. The summed E-state index contributed by atoms with van der Waals surface area (Å²) in [5.41, 5.74) is 0. The van der Waals surface area contributed by atoms with Gasteiger partial charge in [-0.2, -0.15) is 0 Å². The summed E-state index contributed by atoms with van der Waals surface area (Å²) >= 11 is 0. The maximum Gasteiger partial charge on any atom is 1.00 e. The van der Waals surface area contributed by atoms with E-state index in [1.165, 1.54) is 0 Å². The van der Waals surface area contributed by atoms with E-state index in [1.807, 2.05) is 0 Å². The van der Waals surface area contributed by atoms with Crippen LogP contribution in [0.15, 0.2) is 0 Å². The van der Waals surface area contributed by atoms with Crippen molar-refractivity contribution < 1.29 is 66.1 Å². The van der Waals surface area contributed by atoms with Crippen LogP contribution >= 0.6 is 8.60 Å². The van der Waals surface area contributed by atoms with Crippen LogP contribution in [-0.4, -0.2) is 4.89 Å². The van der Waals surface area contributed by atoms with Crippen molar-refractivity contribution in [2.75, 3.05) is 0 Å². The van der Waals surface area contributed by atoms with Gasteiger partial charge in [0.25, 0.3) is 0 Å². The molecule has 0 radical (unpaired) electrons. The van der Waals surface area contributed by atoms with Gasteiger partial charge in [-0.15, -0.1) is 0 Å². The molecule has 0 heterocycles. The first-order valence-electron chi connectivity index (χ1n) is 0.632. The van der Waals surface area contributed by atoms with Crippen LogP contribution in [0.2, 0.25) is 0 Å². The van der Waals surface area contributed by atoms with Crippen LogP contribution in [0.4, 0.5) is 0 Å². The van der Waals surface area contributed by atoms with Gasteiger partial charge in [-0.3, -0.25) is 4.89 Å². The van der Waals surface area contributed by atoms with Crippen LogP contribution < -0.4 is 61.2 Å². The molecule has 0 aromatic carbocycles. The summed E-state index contributed by atoms with van der Waals surface area (Å²) in [6.07, 6.45) is 0. The van der Waals surface area contributed by atoms with Crippen LogP contribution in [0.1, 0.15) is 0 Å². The minimum atomic E-state index is -3.38. The van der Waals surface area contributed by atoms with Gasteiger partial charge in [0.15, 0.2) is 0 Å². The molecule has 0 bridgehead atoms. The van der Waals surface area contributed by atoms with Crippen LogP contribution in [0.25, 0.3) is 0 Å². The Labute approximate surface area is 73.4 Å². The molecule has 0 rings (SSSR count). The Bertz CT molecular complexity index is 11.6. The first kappa shape index (κ1) is 10.0. The summed E-state index contributed by atoms with van der Waals surface area (Å²) in [7, 11) is -3.38. The predicted octanol–water partition coefficient (Wildman–Crippen LogP) is -5.34. The van der Waals surface area contributed by atoms with Gasteiger partial charge in [0, 0.05) is 8.60 Å². The van der Waals surface area contributed by atoms with Gasteiger partial charge in [-0.25, -0.2) is 0 Å². The first-order valence-corrected chi connectivity index (χ1v) is 1.90. The molecule has 0 aromatic heterocycles. The molecule has 1 N–H and O–H groups in total. The van der Waals surface area contributed by atoms with Crippen LogP contribution in [0.5, 0.6) is 0 Å². The van der Waals surface area contributed by atoms with Gasteiger partial charge in [0.2, 0.25) is 0 Å². The topological polar surface area (TPSA) is 66.3 Å². The van der Waals surface area contributed by atoms with Gasteiger partial charge in [-0.1, -0.05) is 0 Å². The molecule has 3 nitrogen and oxygen atoms in total. The normalized spacial score (nSPS) is 7.20. The first-order chi connectivity index (χ1) is 1.73. The quantitative estimate of drug-likeness (QED) is 0.256. The summed E-state index contributed by atoms with van der Waals surface area (Å²) in [6, 6.07) is 0. The standard InChI is InChI=1S/K.H2O3P/c;1-4(2)3/h;1,4H/q+1;-1. The average molecular weight is 120 g/mol. The van der Waals surface area contributed by atoms with Crippen molar-refractivity contribution in [1.29, 1.82) is 0 Å². The van der Waals surface area contributed by atoms with Crippen molar-refractivity contribution in [2.24, 2.45) is 0 Å². The minimum absolute atomic E-state index is 0.